The van der Waals surface area contributed by atoms with Crippen molar-refractivity contribution in [2.75, 3.05) is 14.1 Å². The fourth-order valence-corrected chi connectivity index (χ4v) is 1.55. The molecular weight excluding hydrogens is 218 g/mol. The van der Waals surface area contributed by atoms with Crippen LogP contribution >= 0.6 is 0 Å². The van der Waals surface area contributed by atoms with Crippen LogP contribution in [0.3, 0.4) is 0 Å². The maximum Gasteiger partial charge on any atom is 0.262 e. The number of benzene rings is 1. The Bertz CT molecular complexity index is 402. The smallest absolute Gasteiger partial charge is 0.262 e. The lowest BCUT2D eigenvalue weighted by Crippen LogP contribution is -2.35. The van der Waals surface area contributed by atoms with E-state index in [2.05, 4.69) is 0 Å². The lowest BCUT2D eigenvalue weighted by molar-refractivity contribution is -0.135. The Hall–Kier alpha value is -1.55. The van der Waals surface area contributed by atoms with Crippen molar-refractivity contribution in [1.82, 2.24) is 4.90 Å². The molecule has 1 amide bonds. The van der Waals surface area contributed by atoms with Crippen LogP contribution in [0.25, 0.3) is 0 Å². The van der Waals surface area contributed by atoms with Gasteiger partial charge in [0.1, 0.15) is 5.75 Å². The molecule has 1 atom stereocenters. The maximum absolute atomic E-state index is 11.7. The zero-order valence-corrected chi connectivity index (χ0v) is 10.7. The molecule has 1 aromatic rings. The number of hydrogen-bond donors (Lipinski definition) is 1. The SMILES string of the molecule is Cc1ccc(OC(C)C(=O)N(C)C)c(CO)c1. The summed E-state index contributed by atoms with van der Waals surface area (Å²) in [6.07, 6.45) is -0.557. The largest absolute Gasteiger partial charge is 0.481 e. The molecule has 0 saturated heterocycles. The van der Waals surface area contributed by atoms with Crippen LogP contribution in [-0.4, -0.2) is 36.1 Å². The number of rotatable bonds is 4. The van der Waals surface area contributed by atoms with Crippen molar-refractivity contribution in [1.29, 1.82) is 0 Å². The van der Waals surface area contributed by atoms with Gasteiger partial charge in [0.15, 0.2) is 6.10 Å². The highest BCUT2D eigenvalue weighted by Crippen LogP contribution is 2.21. The van der Waals surface area contributed by atoms with Crippen LogP contribution < -0.4 is 4.74 Å². The van der Waals surface area contributed by atoms with Gasteiger partial charge in [0, 0.05) is 19.7 Å². The van der Waals surface area contributed by atoms with Crippen LogP contribution in [0, 0.1) is 6.92 Å². The normalized spacial score (nSPS) is 12.1. The summed E-state index contributed by atoms with van der Waals surface area (Å²) in [5.41, 5.74) is 1.75. The summed E-state index contributed by atoms with van der Waals surface area (Å²) in [4.78, 5) is 13.1. The number of hydrogen-bond acceptors (Lipinski definition) is 3. The summed E-state index contributed by atoms with van der Waals surface area (Å²) >= 11 is 0. The van der Waals surface area contributed by atoms with Gasteiger partial charge in [-0.25, -0.2) is 0 Å². The Balaban J connectivity index is 2.84. The fraction of sp³-hybridized carbons (Fsp3) is 0.462. The third-order valence-electron chi connectivity index (χ3n) is 2.48. The first-order valence-corrected chi connectivity index (χ1v) is 5.54. The molecule has 17 heavy (non-hydrogen) atoms. The van der Waals surface area contributed by atoms with Crippen molar-refractivity contribution < 1.29 is 14.6 Å². The molecule has 0 aliphatic heterocycles. The van der Waals surface area contributed by atoms with Gasteiger partial charge in [-0.1, -0.05) is 17.7 Å². The molecule has 94 valence electrons. The van der Waals surface area contributed by atoms with E-state index in [9.17, 15) is 9.90 Å². The molecule has 1 rings (SSSR count). The number of aliphatic hydroxyl groups is 1. The average Bonchev–Trinajstić information content (AvgIpc) is 2.30. The highest BCUT2D eigenvalue weighted by Gasteiger charge is 2.17. The zero-order valence-electron chi connectivity index (χ0n) is 10.7. The first-order chi connectivity index (χ1) is 7.95. The first kappa shape index (κ1) is 13.5. The van der Waals surface area contributed by atoms with E-state index in [-0.39, 0.29) is 12.5 Å². The van der Waals surface area contributed by atoms with Gasteiger partial charge in [-0.05, 0) is 19.9 Å². The van der Waals surface area contributed by atoms with Gasteiger partial charge in [0.05, 0.1) is 6.61 Å². The van der Waals surface area contributed by atoms with E-state index in [4.69, 9.17) is 4.74 Å². The first-order valence-electron chi connectivity index (χ1n) is 5.54. The summed E-state index contributed by atoms with van der Waals surface area (Å²) in [7, 11) is 3.37. The van der Waals surface area contributed by atoms with E-state index in [0.29, 0.717) is 11.3 Å². The predicted molar refractivity (Wildman–Crippen MR) is 65.9 cm³/mol. The van der Waals surface area contributed by atoms with Crippen LogP contribution in [0.1, 0.15) is 18.1 Å². The van der Waals surface area contributed by atoms with E-state index >= 15 is 0 Å². The molecule has 1 N–H and O–H groups in total. The van der Waals surface area contributed by atoms with Crippen molar-refractivity contribution in [3.8, 4) is 5.75 Å². The Morgan fingerprint density at radius 1 is 1.47 bits per heavy atom. The molecular formula is C13H19NO3. The average molecular weight is 237 g/mol. The van der Waals surface area contributed by atoms with Crippen molar-refractivity contribution in [3.05, 3.63) is 29.3 Å². The van der Waals surface area contributed by atoms with Crippen molar-refractivity contribution in [3.63, 3.8) is 0 Å². The summed E-state index contributed by atoms with van der Waals surface area (Å²) in [5, 5.41) is 9.23. The summed E-state index contributed by atoms with van der Waals surface area (Å²) in [5.74, 6) is 0.454. The second-order valence-electron chi connectivity index (χ2n) is 4.26. The van der Waals surface area contributed by atoms with E-state index < -0.39 is 6.10 Å². The Kier molecular flexibility index (Phi) is 4.52. The Morgan fingerprint density at radius 2 is 2.12 bits per heavy atom. The molecule has 4 heteroatoms. The molecule has 0 aliphatic rings. The molecule has 0 spiro atoms. The monoisotopic (exact) mass is 237 g/mol. The van der Waals surface area contributed by atoms with Gasteiger partial charge in [0.25, 0.3) is 5.91 Å². The topological polar surface area (TPSA) is 49.8 Å². The molecule has 1 unspecified atom stereocenters. The molecule has 0 saturated carbocycles. The highest BCUT2D eigenvalue weighted by atomic mass is 16.5. The molecule has 4 nitrogen and oxygen atoms in total. The number of amides is 1. The van der Waals surface area contributed by atoms with E-state index in [0.717, 1.165) is 5.56 Å². The van der Waals surface area contributed by atoms with Gasteiger partial charge >= 0.3 is 0 Å². The summed E-state index contributed by atoms with van der Waals surface area (Å²) in [6.45, 7) is 3.54. The van der Waals surface area contributed by atoms with Crippen molar-refractivity contribution in [2.24, 2.45) is 0 Å². The number of aryl methyl sites for hydroxylation is 1. The number of carbonyl (C=O) groups is 1. The van der Waals surface area contributed by atoms with E-state index in [1.807, 2.05) is 19.1 Å². The number of carbonyl (C=O) groups excluding carboxylic acids is 1. The number of nitrogens with zero attached hydrogens (tertiary/aromatic N) is 1. The Labute approximate surface area is 102 Å². The molecule has 1 aromatic carbocycles. The number of ether oxygens (including phenoxy) is 1. The minimum absolute atomic E-state index is 0.0973. The van der Waals surface area contributed by atoms with E-state index in [1.54, 1.807) is 27.1 Å². The van der Waals surface area contributed by atoms with Crippen LogP contribution in [0.4, 0.5) is 0 Å². The van der Waals surface area contributed by atoms with Gasteiger partial charge in [-0.3, -0.25) is 4.79 Å². The van der Waals surface area contributed by atoms with Gasteiger partial charge < -0.3 is 14.7 Å². The van der Waals surface area contributed by atoms with Crippen molar-refractivity contribution >= 4 is 5.91 Å². The summed E-state index contributed by atoms with van der Waals surface area (Å²) in [6, 6.07) is 5.52. The Morgan fingerprint density at radius 3 is 2.65 bits per heavy atom. The van der Waals surface area contributed by atoms with Crippen LogP contribution in [-0.2, 0) is 11.4 Å². The molecule has 0 radical (unpaired) electrons. The molecule has 0 heterocycles. The molecule has 0 fully saturated rings. The second-order valence-corrected chi connectivity index (χ2v) is 4.26. The fourth-order valence-electron chi connectivity index (χ4n) is 1.55. The van der Waals surface area contributed by atoms with Crippen LogP contribution in [0.15, 0.2) is 18.2 Å². The van der Waals surface area contributed by atoms with E-state index in [1.165, 1.54) is 4.90 Å². The number of aliphatic hydroxyl groups excluding tert-OH is 1. The predicted octanol–water partition coefficient (Wildman–Crippen LogP) is 1.34. The molecule has 0 bridgehead atoms. The third kappa shape index (κ3) is 3.46. The van der Waals surface area contributed by atoms with Gasteiger partial charge in [0.2, 0.25) is 0 Å². The maximum atomic E-state index is 11.7. The molecule has 0 aromatic heterocycles. The summed E-state index contributed by atoms with van der Waals surface area (Å²) < 4.78 is 5.56. The highest BCUT2D eigenvalue weighted by molar-refractivity contribution is 5.80. The van der Waals surface area contributed by atoms with Crippen molar-refractivity contribution in [2.45, 2.75) is 26.6 Å². The lowest BCUT2D eigenvalue weighted by atomic mass is 10.1. The molecule has 0 aliphatic carbocycles. The van der Waals surface area contributed by atoms with Gasteiger partial charge in [-0.15, -0.1) is 0 Å². The third-order valence-corrected chi connectivity index (χ3v) is 2.48. The van der Waals surface area contributed by atoms with Gasteiger partial charge in [-0.2, -0.15) is 0 Å². The minimum atomic E-state index is -0.557. The second kappa shape index (κ2) is 5.68. The van der Waals surface area contributed by atoms with Crippen LogP contribution in [0.5, 0.6) is 5.75 Å². The number of likely N-dealkylation sites (N-methyl/N-ethyl adjacent to an activating group) is 1. The quantitative estimate of drug-likeness (QED) is 0.859. The minimum Gasteiger partial charge on any atom is -0.481 e. The standard InChI is InChI=1S/C13H19NO3/c1-9-5-6-12(11(7-9)8-15)17-10(2)13(16)14(3)4/h5-7,10,15H,8H2,1-4H3. The zero-order chi connectivity index (χ0) is 13.0. The van der Waals surface area contributed by atoms with Crippen LogP contribution in [0.2, 0.25) is 0 Å². The lowest BCUT2D eigenvalue weighted by Gasteiger charge is -2.19.